The number of carbonyl (C=O) groups is 1. The highest BCUT2D eigenvalue weighted by atomic mass is 16.5. The quantitative estimate of drug-likeness (QED) is 0.354. The molecule has 0 aliphatic carbocycles. The van der Waals surface area contributed by atoms with Crippen molar-refractivity contribution in [3.05, 3.63) is 0 Å². The molecule has 18 heavy (non-hydrogen) atoms. The number of carboxylic acids is 1. The minimum atomic E-state index is -2.12. The van der Waals surface area contributed by atoms with Crippen LogP contribution in [0.4, 0.5) is 0 Å². The van der Waals surface area contributed by atoms with E-state index in [1.54, 1.807) is 0 Å². The summed E-state index contributed by atoms with van der Waals surface area (Å²) in [7, 11) is 0. The lowest BCUT2D eigenvalue weighted by molar-refractivity contribution is -0.208. The second-order valence-electron chi connectivity index (χ2n) is 5.26. The van der Waals surface area contributed by atoms with Crippen molar-refractivity contribution in [2.75, 3.05) is 0 Å². The molecule has 0 amide bonds. The van der Waals surface area contributed by atoms with E-state index in [4.69, 9.17) is 5.11 Å². The van der Waals surface area contributed by atoms with Gasteiger partial charge in [0.2, 0.25) is 0 Å². The van der Waals surface area contributed by atoms with Gasteiger partial charge in [0.25, 0.3) is 0 Å². The summed E-state index contributed by atoms with van der Waals surface area (Å²) in [5.74, 6) is -3.56. The number of carboxylic acid groups (broad SMARTS) is 1. The van der Waals surface area contributed by atoms with Crippen molar-refractivity contribution in [2.45, 2.75) is 76.6 Å². The van der Waals surface area contributed by atoms with Gasteiger partial charge in [-0.1, -0.05) is 39.0 Å². The first-order valence-corrected chi connectivity index (χ1v) is 6.62. The molecule has 0 aromatic carbocycles. The molecular formula is C13H26O5. The lowest BCUT2D eigenvalue weighted by Gasteiger charge is -2.28. The van der Waals surface area contributed by atoms with Crippen LogP contribution >= 0.6 is 0 Å². The summed E-state index contributed by atoms with van der Waals surface area (Å²) >= 11 is 0. The second-order valence-corrected chi connectivity index (χ2v) is 5.26. The molecule has 1 unspecified atom stereocenters. The molecule has 1 atom stereocenters. The lowest BCUT2D eigenvalue weighted by Crippen LogP contribution is -2.44. The Morgan fingerprint density at radius 3 is 2.00 bits per heavy atom. The normalized spacial score (nSPS) is 15.4. The summed E-state index contributed by atoms with van der Waals surface area (Å²) < 4.78 is 0. The Labute approximate surface area is 108 Å². The predicted molar refractivity (Wildman–Crippen MR) is 68.0 cm³/mol. The average Bonchev–Trinajstić information content (AvgIpc) is 2.21. The third-order valence-corrected chi connectivity index (χ3v) is 3.02. The van der Waals surface area contributed by atoms with Crippen LogP contribution in [-0.2, 0) is 4.79 Å². The zero-order valence-electron chi connectivity index (χ0n) is 11.4. The van der Waals surface area contributed by atoms with Crippen LogP contribution in [0.15, 0.2) is 0 Å². The number of unbranched alkanes of at least 4 members (excludes halogenated alkanes) is 5. The van der Waals surface area contributed by atoms with E-state index in [0.29, 0.717) is 6.42 Å². The van der Waals surface area contributed by atoms with Crippen molar-refractivity contribution < 1.29 is 25.2 Å². The molecule has 0 spiro atoms. The first kappa shape index (κ1) is 17.4. The molecule has 0 aromatic heterocycles. The summed E-state index contributed by atoms with van der Waals surface area (Å²) in [5.41, 5.74) is -2.11. The number of aliphatic carboxylic acids is 1. The van der Waals surface area contributed by atoms with Gasteiger partial charge in [-0.15, -0.1) is 0 Å². The van der Waals surface area contributed by atoms with Crippen LogP contribution in [0.2, 0.25) is 0 Å². The Morgan fingerprint density at radius 1 is 1.00 bits per heavy atom. The van der Waals surface area contributed by atoms with Crippen molar-refractivity contribution in [3.63, 3.8) is 0 Å². The molecule has 0 radical (unpaired) electrons. The maximum Gasteiger partial charge on any atom is 0.335 e. The van der Waals surface area contributed by atoms with Crippen LogP contribution in [0.5, 0.6) is 0 Å². The molecule has 0 saturated carbocycles. The van der Waals surface area contributed by atoms with E-state index < -0.39 is 23.8 Å². The van der Waals surface area contributed by atoms with E-state index in [1.807, 2.05) is 0 Å². The smallest absolute Gasteiger partial charge is 0.335 e. The standard InChI is InChI=1S/C13H26O5/c1-3-4-5-6-7-8-9-13(17,18)10-12(2,16)11(14)15/h16-18H,3-10H2,1-2H3,(H,14,15). The summed E-state index contributed by atoms with van der Waals surface area (Å²) in [4.78, 5) is 10.7. The number of rotatable bonds is 10. The van der Waals surface area contributed by atoms with Gasteiger partial charge in [0.1, 0.15) is 0 Å². The van der Waals surface area contributed by atoms with Crippen LogP contribution in [0.1, 0.15) is 65.2 Å². The van der Waals surface area contributed by atoms with Crippen LogP contribution in [-0.4, -0.2) is 37.8 Å². The highest BCUT2D eigenvalue weighted by molar-refractivity contribution is 5.76. The fourth-order valence-electron chi connectivity index (χ4n) is 1.90. The summed E-state index contributed by atoms with van der Waals surface area (Å²) in [5, 5.41) is 37.4. The molecule has 0 heterocycles. The molecule has 5 heteroatoms. The highest BCUT2D eigenvalue weighted by Crippen LogP contribution is 2.24. The largest absolute Gasteiger partial charge is 0.479 e. The fourth-order valence-corrected chi connectivity index (χ4v) is 1.90. The van der Waals surface area contributed by atoms with Crippen molar-refractivity contribution in [2.24, 2.45) is 0 Å². The Morgan fingerprint density at radius 2 is 1.50 bits per heavy atom. The fraction of sp³-hybridized carbons (Fsp3) is 0.923. The van der Waals surface area contributed by atoms with Crippen molar-refractivity contribution in [3.8, 4) is 0 Å². The van der Waals surface area contributed by atoms with E-state index in [9.17, 15) is 20.1 Å². The molecule has 108 valence electrons. The van der Waals surface area contributed by atoms with Gasteiger partial charge in [-0.25, -0.2) is 4.79 Å². The maximum atomic E-state index is 10.7. The SMILES string of the molecule is CCCCCCCCC(O)(O)CC(C)(O)C(=O)O. The minimum absolute atomic E-state index is 0.0859. The monoisotopic (exact) mass is 262 g/mol. The van der Waals surface area contributed by atoms with Crippen LogP contribution in [0.25, 0.3) is 0 Å². The van der Waals surface area contributed by atoms with Gasteiger partial charge < -0.3 is 20.4 Å². The summed E-state index contributed by atoms with van der Waals surface area (Å²) in [6, 6.07) is 0. The maximum absolute atomic E-state index is 10.7. The molecule has 0 aliphatic heterocycles. The van der Waals surface area contributed by atoms with Crippen LogP contribution in [0, 0.1) is 0 Å². The van der Waals surface area contributed by atoms with E-state index in [0.717, 1.165) is 32.6 Å². The number of hydrogen-bond acceptors (Lipinski definition) is 4. The van der Waals surface area contributed by atoms with Gasteiger partial charge in [0.15, 0.2) is 11.4 Å². The molecule has 0 rings (SSSR count). The van der Waals surface area contributed by atoms with Crippen LogP contribution < -0.4 is 0 Å². The molecule has 0 aromatic rings. The summed E-state index contributed by atoms with van der Waals surface area (Å²) in [6.07, 6.45) is 5.52. The van der Waals surface area contributed by atoms with Crippen molar-refractivity contribution in [1.82, 2.24) is 0 Å². The van der Waals surface area contributed by atoms with Gasteiger partial charge in [0.05, 0.1) is 0 Å². The Kier molecular flexibility index (Phi) is 7.43. The van der Waals surface area contributed by atoms with E-state index in [2.05, 4.69) is 6.92 Å². The number of aliphatic hydroxyl groups is 3. The second kappa shape index (κ2) is 7.71. The molecule has 4 N–H and O–H groups in total. The van der Waals surface area contributed by atoms with Gasteiger partial charge in [-0.05, 0) is 13.3 Å². The predicted octanol–water partition coefficient (Wildman–Crippen LogP) is 1.64. The molecule has 0 fully saturated rings. The first-order chi connectivity index (χ1) is 8.21. The zero-order valence-corrected chi connectivity index (χ0v) is 11.4. The van der Waals surface area contributed by atoms with E-state index >= 15 is 0 Å². The molecule has 0 aliphatic rings. The van der Waals surface area contributed by atoms with Crippen molar-refractivity contribution >= 4 is 5.97 Å². The topological polar surface area (TPSA) is 98.0 Å². The third kappa shape index (κ3) is 7.63. The average molecular weight is 262 g/mol. The Bertz CT molecular complexity index is 248. The van der Waals surface area contributed by atoms with E-state index in [1.165, 1.54) is 6.42 Å². The lowest BCUT2D eigenvalue weighted by atomic mass is 9.92. The first-order valence-electron chi connectivity index (χ1n) is 6.62. The molecular weight excluding hydrogens is 236 g/mol. The Hall–Kier alpha value is -0.650. The van der Waals surface area contributed by atoms with Crippen LogP contribution in [0.3, 0.4) is 0 Å². The number of hydrogen-bond donors (Lipinski definition) is 4. The van der Waals surface area contributed by atoms with Gasteiger partial charge >= 0.3 is 5.97 Å². The molecule has 5 nitrogen and oxygen atoms in total. The highest BCUT2D eigenvalue weighted by Gasteiger charge is 2.39. The molecule has 0 bridgehead atoms. The molecule has 0 saturated heterocycles. The Balaban J connectivity index is 3.90. The van der Waals surface area contributed by atoms with Gasteiger partial charge in [-0.3, -0.25) is 0 Å². The van der Waals surface area contributed by atoms with Gasteiger partial charge in [-0.2, -0.15) is 0 Å². The minimum Gasteiger partial charge on any atom is -0.479 e. The third-order valence-electron chi connectivity index (χ3n) is 3.02. The zero-order chi connectivity index (χ0) is 14.2. The van der Waals surface area contributed by atoms with Crippen molar-refractivity contribution in [1.29, 1.82) is 0 Å². The van der Waals surface area contributed by atoms with Gasteiger partial charge in [0, 0.05) is 12.8 Å². The summed E-state index contributed by atoms with van der Waals surface area (Å²) in [6.45, 7) is 3.19. The van der Waals surface area contributed by atoms with E-state index in [-0.39, 0.29) is 6.42 Å².